The summed E-state index contributed by atoms with van der Waals surface area (Å²) in [6.45, 7) is 0. The first-order valence-electron chi connectivity index (χ1n) is 5.31. The van der Waals surface area contributed by atoms with Crippen LogP contribution in [0.5, 0.6) is 5.75 Å². The minimum atomic E-state index is -0.244. The second-order valence-electron chi connectivity index (χ2n) is 3.65. The smallest absolute Gasteiger partial charge is 0.250 e. The molecule has 0 aliphatic heterocycles. The Balaban J connectivity index is 2.37. The summed E-state index contributed by atoms with van der Waals surface area (Å²) in [5, 5.41) is 15.7. The van der Waals surface area contributed by atoms with Crippen molar-refractivity contribution in [3.8, 4) is 5.75 Å². The number of nitrogens with one attached hydrogen (secondary N) is 1. The minimum Gasteiger partial charge on any atom is -0.507 e. The van der Waals surface area contributed by atoms with Gasteiger partial charge in [-0.15, -0.1) is 0 Å². The van der Waals surface area contributed by atoms with Crippen LogP contribution in [0.1, 0.15) is 5.56 Å². The van der Waals surface area contributed by atoms with Crippen molar-refractivity contribution in [2.24, 2.45) is 5.10 Å². The van der Waals surface area contributed by atoms with Crippen molar-refractivity contribution in [1.29, 1.82) is 0 Å². The summed E-state index contributed by atoms with van der Waals surface area (Å²) < 4.78 is 0. The Morgan fingerprint density at radius 1 is 1.33 bits per heavy atom. The summed E-state index contributed by atoms with van der Waals surface area (Å²) >= 11 is 3.02. The number of benzene rings is 2. The molecule has 0 fully saturated rings. The molecule has 4 nitrogen and oxygen atoms in total. The Morgan fingerprint density at radius 3 is 2.89 bits per heavy atom. The highest BCUT2D eigenvalue weighted by Gasteiger charge is 2.04. The number of rotatable bonds is 3. The topological polar surface area (TPSA) is 61.7 Å². The number of hydrogen-bond acceptors (Lipinski definition) is 3. The molecule has 0 heterocycles. The third-order valence-electron chi connectivity index (χ3n) is 2.45. The highest BCUT2D eigenvalue weighted by Crippen LogP contribution is 2.25. The van der Waals surface area contributed by atoms with Crippen LogP contribution >= 0.6 is 15.9 Å². The molecule has 0 radical (unpaired) electrons. The molecule has 0 saturated carbocycles. The Hall–Kier alpha value is -1.88. The molecule has 92 valence electrons. The lowest BCUT2D eigenvalue weighted by Gasteiger charge is -2.04. The van der Waals surface area contributed by atoms with E-state index in [2.05, 4.69) is 26.5 Å². The number of amides is 1. The van der Waals surface area contributed by atoms with Crippen molar-refractivity contribution in [2.45, 2.75) is 0 Å². The van der Waals surface area contributed by atoms with Crippen LogP contribution in [0, 0.1) is 0 Å². The normalized spacial score (nSPS) is 10.9. The quantitative estimate of drug-likeness (QED) is 0.519. The third kappa shape index (κ3) is 2.68. The molecule has 0 saturated heterocycles. The zero-order chi connectivity index (χ0) is 13.0. The molecule has 0 aliphatic rings. The first kappa shape index (κ1) is 12.6. The van der Waals surface area contributed by atoms with Crippen molar-refractivity contribution in [1.82, 2.24) is 5.43 Å². The minimum absolute atomic E-state index is 0.130. The molecule has 0 unspecified atom stereocenters. The van der Waals surface area contributed by atoms with E-state index in [9.17, 15) is 9.90 Å². The van der Waals surface area contributed by atoms with Crippen molar-refractivity contribution in [3.63, 3.8) is 0 Å². The predicted molar refractivity (Wildman–Crippen MR) is 75.1 cm³/mol. The number of phenols is 1. The van der Waals surface area contributed by atoms with Gasteiger partial charge in [0.25, 0.3) is 5.91 Å². The Labute approximate surface area is 112 Å². The third-order valence-corrected chi connectivity index (χ3v) is 2.96. The maximum Gasteiger partial charge on any atom is 0.250 e. The maximum atomic E-state index is 11.0. The molecule has 0 bridgehead atoms. The number of aromatic hydroxyl groups is 1. The van der Waals surface area contributed by atoms with Crippen LogP contribution in [0.4, 0.5) is 0 Å². The zero-order valence-electron chi connectivity index (χ0n) is 9.43. The van der Waals surface area contributed by atoms with E-state index in [1.165, 1.54) is 6.21 Å². The molecule has 0 aliphatic carbocycles. The second kappa shape index (κ2) is 5.64. The van der Waals surface area contributed by atoms with E-state index in [-0.39, 0.29) is 17.0 Å². The summed E-state index contributed by atoms with van der Waals surface area (Å²) in [5.74, 6) is -0.114. The zero-order valence-corrected chi connectivity index (χ0v) is 11.0. The number of carbonyl (C=O) groups excluding carboxylic acids is 1. The van der Waals surface area contributed by atoms with Gasteiger partial charge in [0.05, 0.1) is 11.5 Å². The van der Waals surface area contributed by atoms with Gasteiger partial charge in [-0.25, -0.2) is 5.43 Å². The van der Waals surface area contributed by atoms with Crippen LogP contribution in [-0.2, 0) is 4.79 Å². The number of nitrogens with zero attached hydrogens (tertiary/aromatic N) is 1. The van der Waals surface area contributed by atoms with Crippen molar-refractivity contribution < 1.29 is 9.90 Å². The van der Waals surface area contributed by atoms with Crippen LogP contribution in [-0.4, -0.2) is 22.6 Å². The van der Waals surface area contributed by atoms with E-state index >= 15 is 0 Å². The highest BCUT2D eigenvalue weighted by atomic mass is 79.9. The Kier molecular flexibility index (Phi) is 3.94. The van der Waals surface area contributed by atoms with E-state index in [0.717, 1.165) is 10.8 Å². The Morgan fingerprint density at radius 2 is 2.11 bits per heavy atom. The van der Waals surface area contributed by atoms with Gasteiger partial charge in [-0.2, -0.15) is 5.10 Å². The SMILES string of the molecule is O=C(CBr)N/N=C/c1c(O)ccc2ccccc12. The largest absolute Gasteiger partial charge is 0.507 e. The Bertz CT molecular complexity index is 611. The van der Waals surface area contributed by atoms with Gasteiger partial charge in [-0.1, -0.05) is 46.3 Å². The second-order valence-corrected chi connectivity index (χ2v) is 4.21. The van der Waals surface area contributed by atoms with Crippen LogP contribution in [0.25, 0.3) is 10.8 Å². The standard InChI is InChI=1S/C13H11BrN2O2/c14-7-13(18)16-15-8-11-10-4-2-1-3-9(10)5-6-12(11)17/h1-6,8,17H,7H2,(H,16,18)/b15-8+. The van der Waals surface area contributed by atoms with Gasteiger partial charge in [0.2, 0.25) is 0 Å². The summed E-state index contributed by atoms with van der Waals surface area (Å²) in [5.41, 5.74) is 2.93. The lowest BCUT2D eigenvalue weighted by molar-refractivity contribution is -0.118. The number of phenolic OH excluding ortho intramolecular Hbond substituents is 1. The summed E-state index contributed by atoms with van der Waals surface area (Å²) in [6.07, 6.45) is 1.44. The molecule has 2 aromatic rings. The summed E-state index contributed by atoms with van der Waals surface area (Å²) in [6, 6.07) is 11.1. The van der Waals surface area contributed by atoms with E-state index in [0.29, 0.717) is 5.56 Å². The molecule has 1 amide bonds. The maximum absolute atomic E-state index is 11.0. The van der Waals surface area contributed by atoms with E-state index in [1.54, 1.807) is 6.07 Å². The fraction of sp³-hybridized carbons (Fsp3) is 0.0769. The molecular formula is C13H11BrN2O2. The van der Waals surface area contributed by atoms with Crippen LogP contribution in [0.2, 0.25) is 0 Å². The van der Waals surface area contributed by atoms with Crippen molar-refractivity contribution in [2.75, 3.05) is 5.33 Å². The van der Waals surface area contributed by atoms with Crippen molar-refractivity contribution in [3.05, 3.63) is 42.0 Å². The molecule has 0 atom stereocenters. The number of carbonyl (C=O) groups is 1. The first-order valence-corrected chi connectivity index (χ1v) is 6.43. The van der Waals surface area contributed by atoms with Gasteiger partial charge in [0.1, 0.15) is 5.75 Å². The first-order chi connectivity index (χ1) is 8.72. The molecule has 0 spiro atoms. The number of hydrogen-bond donors (Lipinski definition) is 2. The molecule has 18 heavy (non-hydrogen) atoms. The average molecular weight is 307 g/mol. The van der Waals surface area contributed by atoms with Gasteiger partial charge in [0.15, 0.2) is 0 Å². The fourth-order valence-corrected chi connectivity index (χ4v) is 1.74. The number of halogens is 1. The van der Waals surface area contributed by atoms with E-state index in [4.69, 9.17) is 0 Å². The number of alkyl halides is 1. The number of hydrazone groups is 1. The highest BCUT2D eigenvalue weighted by molar-refractivity contribution is 9.09. The number of fused-ring (bicyclic) bond motifs is 1. The lowest BCUT2D eigenvalue weighted by Crippen LogP contribution is -2.18. The van der Waals surface area contributed by atoms with Gasteiger partial charge in [-0.05, 0) is 16.8 Å². The van der Waals surface area contributed by atoms with E-state index in [1.807, 2.05) is 30.3 Å². The van der Waals surface area contributed by atoms with Gasteiger partial charge >= 0.3 is 0 Å². The van der Waals surface area contributed by atoms with Crippen LogP contribution in [0.3, 0.4) is 0 Å². The lowest BCUT2D eigenvalue weighted by atomic mass is 10.0. The summed E-state index contributed by atoms with van der Waals surface area (Å²) in [7, 11) is 0. The monoisotopic (exact) mass is 306 g/mol. The molecule has 2 N–H and O–H groups in total. The molecule has 2 aromatic carbocycles. The van der Waals surface area contributed by atoms with Gasteiger partial charge in [0, 0.05) is 5.56 Å². The van der Waals surface area contributed by atoms with Crippen molar-refractivity contribution >= 4 is 38.8 Å². The average Bonchev–Trinajstić information content (AvgIpc) is 2.41. The molecule has 5 heteroatoms. The molecule has 2 rings (SSSR count). The van der Waals surface area contributed by atoms with Crippen LogP contribution < -0.4 is 5.43 Å². The summed E-state index contributed by atoms with van der Waals surface area (Å²) in [4.78, 5) is 11.0. The van der Waals surface area contributed by atoms with Gasteiger partial charge < -0.3 is 5.11 Å². The molecular weight excluding hydrogens is 296 g/mol. The fourth-order valence-electron chi connectivity index (χ4n) is 1.62. The van der Waals surface area contributed by atoms with Crippen LogP contribution in [0.15, 0.2) is 41.5 Å². The molecule has 0 aromatic heterocycles. The predicted octanol–water partition coefficient (Wildman–Crippen LogP) is 2.39. The van der Waals surface area contributed by atoms with Gasteiger partial charge in [-0.3, -0.25) is 4.79 Å². The van der Waals surface area contributed by atoms with E-state index < -0.39 is 0 Å².